The van der Waals surface area contributed by atoms with E-state index in [-0.39, 0.29) is 27.1 Å². The van der Waals surface area contributed by atoms with Crippen LogP contribution in [0.15, 0.2) is 227 Å². The molecule has 0 aliphatic heterocycles. The fourth-order valence-corrected chi connectivity index (χ4v) is 21.3. The molecule has 2 aromatic heterocycles. The zero-order valence-corrected chi connectivity index (χ0v) is 64.5. The Bertz CT molecular complexity index is 5980. The van der Waals surface area contributed by atoms with E-state index in [0.717, 1.165) is 44.7 Å². The molecule has 14 aromatic rings. The van der Waals surface area contributed by atoms with Crippen molar-refractivity contribution in [2.75, 3.05) is 4.90 Å². The van der Waals surface area contributed by atoms with Crippen molar-refractivity contribution in [2.24, 2.45) is 0 Å². The lowest BCUT2D eigenvalue weighted by atomic mass is 9.70. The lowest BCUT2D eigenvalue weighted by molar-refractivity contribution is 0.399. The van der Waals surface area contributed by atoms with E-state index < -0.39 is 5.41 Å². The molecule has 5 aliphatic rings. The SMILES string of the molecule is CCCCCCCC1(CCCCCCC)c2ccccc2-c2ccc(-c3ccc4c(c3)C(C)(C)c3cc(-c5cc6c(c7c5oc5ccccc57)-c5ccc(N(c7ccc8c(c7)C(C)(C)c7c9c(c%10oc%11ccccc%11c%10c7-8)-c7ccccc7C9(C)C)c7ccccc7C(C)(C)C)cc5C6(C)C)ccc3-4)cc21. The Morgan fingerprint density at radius 3 is 1.39 bits per heavy atom. The molecule has 0 spiro atoms. The van der Waals surface area contributed by atoms with Crippen molar-refractivity contribution in [2.45, 2.75) is 200 Å². The summed E-state index contributed by atoms with van der Waals surface area (Å²) in [7, 11) is 0. The number of benzene rings is 12. The third-order valence-electron chi connectivity index (χ3n) is 26.6. The monoisotopic (exact) mass is 1380 g/mol. The lowest BCUT2D eigenvalue weighted by Gasteiger charge is -2.34. The van der Waals surface area contributed by atoms with Gasteiger partial charge in [0.25, 0.3) is 0 Å². The Morgan fingerprint density at radius 1 is 0.321 bits per heavy atom. The van der Waals surface area contributed by atoms with Crippen molar-refractivity contribution in [3.8, 4) is 77.9 Å². The fourth-order valence-electron chi connectivity index (χ4n) is 21.3. The number of anilines is 3. The molecule has 0 amide bonds. The summed E-state index contributed by atoms with van der Waals surface area (Å²) in [5.41, 5.74) is 39.3. The van der Waals surface area contributed by atoms with E-state index in [1.807, 2.05) is 0 Å². The first-order valence-corrected chi connectivity index (χ1v) is 40.0. The van der Waals surface area contributed by atoms with Crippen LogP contribution in [0.3, 0.4) is 0 Å². The first kappa shape index (κ1) is 66.7. The molecule has 528 valence electrons. The van der Waals surface area contributed by atoms with E-state index in [1.165, 1.54) is 221 Å². The number of hydrogen-bond donors (Lipinski definition) is 0. The van der Waals surface area contributed by atoms with Crippen molar-refractivity contribution >= 4 is 60.9 Å². The molecule has 12 aromatic carbocycles. The minimum atomic E-state index is -0.395. The number of nitrogens with zero attached hydrogens (tertiary/aromatic N) is 1. The number of unbranched alkanes of at least 4 members (excludes halogenated alkanes) is 8. The van der Waals surface area contributed by atoms with E-state index in [4.69, 9.17) is 8.83 Å². The highest BCUT2D eigenvalue weighted by molar-refractivity contribution is 6.22. The second kappa shape index (κ2) is 24.0. The van der Waals surface area contributed by atoms with Crippen LogP contribution in [0.1, 0.15) is 228 Å². The van der Waals surface area contributed by atoms with Crippen molar-refractivity contribution in [1.82, 2.24) is 0 Å². The molecule has 3 nitrogen and oxygen atoms in total. The third kappa shape index (κ3) is 9.54. The van der Waals surface area contributed by atoms with Crippen molar-refractivity contribution in [3.05, 3.63) is 280 Å². The van der Waals surface area contributed by atoms with Crippen LogP contribution in [0.4, 0.5) is 17.1 Å². The van der Waals surface area contributed by atoms with Gasteiger partial charge < -0.3 is 13.7 Å². The Hall–Kier alpha value is -9.96. The highest BCUT2D eigenvalue weighted by Crippen LogP contribution is 2.65. The number of fused-ring (bicyclic) bond motifs is 25. The molecule has 2 heterocycles. The highest BCUT2D eigenvalue weighted by Gasteiger charge is 2.50. The molecule has 106 heavy (non-hydrogen) atoms. The molecular weight excluding hydrogens is 1280 g/mol. The van der Waals surface area contributed by atoms with Gasteiger partial charge in [-0.1, -0.05) is 306 Å². The second-order valence-corrected chi connectivity index (χ2v) is 35.3. The average Bonchev–Trinajstić information content (AvgIpc) is 1.49. The van der Waals surface area contributed by atoms with E-state index in [1.54, 1.807) is 11.1 Å². The van der Waals surface area contributed by atoms with Gasteiger partial charge >= 0.3 is 0 Å². The smallest absolute Gasteiger partial charge is 0.144 e. The largest absolute Gasteiger partial charge is 0.455 e. The van der Waals surface area contributed by atoms with E-state index >= 15 is 0 Å². The van der Waals surface area contributed by atoms with Gasteiger partial charge in [0.05, 0.1) is 0 Å². The number of furan rings is 2. The minimum Gasteiger partial charge on any atom is -0.455 e. The van der Waals surface area contributed by atoms with Crippen LogP contribution in [-0.4, -0.2) is 0 Å². The normalized spacial score (nSPS) is 15.9. The minimum absolute atomic E-state index is 0.0305. The van der Waals surface area contributed by atoms with Gasteiger partial charge in [-0.3, -0.25) is 0 Å². The number of hydrogen-bond acceptors (Lipinski definition) is 3. The van der Waals surface area contributed by atoms with Crippen LogP contribution in [0, 0.1) is 0 Å². The zero-order valence-electron chi connectivity index (χ0n) is 64.5. The highest BCUT2D eigenvalue weighted by atomic mass is 16.3. The summed E-state index contributed by atoms with van der Waals surface area (Å²) < 4.78 is 14.4. The molecule has 5 aliphatic carbocycles. The van der Waals surface area contributed by atoms with Crippen molar-refractivity contribution in [1.29, 1.82) is 0 Å². The van der Waals surface area contributed by atoms with Crippen LogP contribution in [0.5, 0.6) is 0 Å². The molecule has 0 bridgehead atoms. The second-order valence-electron chi connectivity index (χ2n) is 35.3. The topological polar surface area (TPSA) is 29.5 Å². The van der Waals surface area contributed by atoms with Gasteiger partial charge in [-0.15, -0.1) is 0 Å². The van der Waals surface area contributed by atoms with E-state index in [0.29, 0.717) is 0 Å². The molecule has 19 rings (SSSR count). The van der Waals surface area contributed by atoms with Crippen LogP contribution >= 0.6 is 0 Å². The van der Waals surface area contributed by atoms with Crippen molar-refractivity contribution < 1.29 is 8.83 Å². The van der Waals surface area contributed by atoms with E-state index in [2.05, 4.69) is 313 Å². The molecule has 0 fully saturated rings. The van der Waals surface area contributed by atoms with Gasteiger partial charge in [-0.2, -0.15) is 0 Å². The average molecular weight is 1380 g/mol. The van der Waals surface area contributed by atoms with Gasteiger partial charge in [0.1, 0.15) is 22.3 Å². The van der Waals surface area contributed by atoms with Gasteiger partial charge in [0.2, 0.25) is 0 Å². The Morgan fingerprint density at radius 2 is 0.755 bits per heavy atom. The van der Waals surface area contributed by atoms with E-state index in [9.17, 15) is 0 Å². The van der Waals surface area contributed by atoms with Crippen LogP contribution in [-0.2, 0) is 32.5 Å². The molecule has 0 saturated carbocycles. The Kier molecular flexibility index (Phi) is 15.1. The molecule has 3 heteroatoms. The third-order valence-corrected chi connectivity index (χ3v) is 26.6. The van der Waals surface area contributed by atoms with Crippen molar-refractivity contribution in [3.63, 3.8) is 0 Å². The zero-order chi connectivity index (χ0) is 72.7. The summed E-state index contributed by atoms with van der Waals surface area (Å²) in [5, 5.41) is 4.73. The molecule has 0 unspecified atom stereocenters. The van der Waals surface area contributed by atoms with Gasteiger partial charge in [0.15, 0.2) is 0 Å². The number of rotatable bonds is 17. The maximum Gasteiger partial charge on any atom is 0.144 e. The Labute approximate surface area is 627 Å². The van der Waals surface area contributed by atoms with Crippen LogP contribution in [0.2, 0.25) is 0 Å². The molecule has 0 saturated heterocycles. The predicted octanol–water partition coefficient (Wildman–Crippen LogP) is 29.8. The molecule has 0 N–H and O–H groups in total. The lowest BCUT2D eigenvalue weighted by Crippen LogP contribution is -2.25. The summed E-state index contributed by atoms with van der Waals surface area (Å²) in [5.74, 6) is 0. The molecule has 0 radical (unpaired) electrons. The summed E-state index contributed by atoms with van der Waals surface area (Å²) in [4.78, 5) is 2.58. The quantitative estimate of drug-likeness (QED) is 0.0851. The van der Waals surface area contributed by atoms with Gasteiger partial charge in [-0.05, 0) is 213 Å². The molecular formula is C103H99NO2. The van der Waals surface area contributed by atoms with Gasteiger partial charge in [-0.25, -0.2) is 0 Å². The van der Waals surface area contributed by atoms with Crippen LogP contribution in [0.25, 0.3) is 122 Å². The fraction of sp³-hybridized carbons (Fsp3) is 0.301. The summed E-state index contributed by atoms with van der Waals surface area (Å²) in [6.07, 6.45) is 15.4. The Balaban J connectivity index is 0.713. The van der Waals surface area contributed by atoms with Crippen LogP contribution < -0.4 is 4.90 Å². The first-order chi connectivity index (χ1) is 51.2. The van der Waals surface area contributed by atoms with Gasteiger partial charge in [0, 0.05) is 76.8 Å². The molecule has 0 atom stereocenters. The maximum atomic E-state index is 7.26. The maximum absolute atomic E-state index is 7.26. The summed E-state index contributed by atoms with van der Waals surface area (Å²) in [6, 6.07) is 84.7. The number of para-hydroxylation sites is 3. The summed E-state index contributed by atoms with van der Waals surface area (Å²) in [6.45, 7) is 31.4. The summed E-state index contributed by atoms with van der Waals surface area (Å²) >= 11 is 0. The standard InChI is InChI=1S/C103H99NO2/c1-14-16-18-20-32-54-103(55-33-21-19-17-15-2)78-39-27-22-34-67(78)70-50-45-63(57-84(70)103)62-44-49-68-69-51-46-64(58-81(69)99(6,7)80(68)56-62)76-61-85-89(91-74-36-24-30-42-87(74)105-96(76)91)72-52-47-65(59-82(72)100(85,8)9)104(86-41-29-28-40-79(86)98(3,4)5)66-48-53-73-83(60-66)102(12,13)94-90(73)92-75-37-25-31-43-88(75)106-97(92)93-71-35-23-26-38-77(71)101(10,11)95(93)94/h22-31,34-53,56-61H,14-21,32-33,54-55H2,1-13H3. The predicted molar refractivity (Wildman–Crippen MR) is 448 cm³/mol. The first-order valence-electron chi connectivity index (χ1n) is 40.0.